The molecular weight excluding hydrogens is 400 g/mol. The summed E-state index contributed by atoms with van der Waals surface area (Å²) in [5.74, 6) is 1.15. The molecule has 3 heterocycles. The molecule has 0 N–H and O–H groups in total. The van der Waals surface area contributed by atoms with E-state index in [-0.39, 0.29) is 23.4 Å². The number of rotatable bonds is 5. The molecule has 8 heteroatoms. The third-order valence-corrected chi connectivity index (χ3v) is 8.98. The first-order valence-corrected chi connectivity index (χ1v) is 12.9. The van der Waals surface area contributed by atoms with E-state index in [1.807, 2.05) is 28.8 Å². The Hall–Kier alpha value is -1.77. The molecular formula is C22H30N4O3S. The van der Waals surface area contributed by atoms with Crippen LogP contribution in [-0.4, -0.2) is 59.1 Å². The van der Waals surface area contributed by atoms with Gasteiger partial charge in [0.2, 0.25) is 10.0 Å². The summed E-state index contributed by atoms with van der Waals surface area (Å²) in [7, 11) is -3.08. The topological polar surface area (TPSA) is 75.5 Å². The van der Waals surface area contributed by atoms with Crippen LogP contribution in [-0.2, 0) is 10.0 Å². The first kappa shape index (κ1) is 20.2. The highest BCUT2D eigenvalue weighted by molar-refractivity contribution is 7.89. The Balaban J connectivity index is 1.49. The number of fused-ring (bicyclic) bond motifs is 1. The molecule has 1 aromatic carbocycles. The number of nitrogens with zero attached hydrogens (tertiary/aromatic N) is 4. The minimum atomic E-state index is -3.08. The van der Waals surface area contributed by atoms with Crippen molar-refractivity contribution in [1.82, 2.24) is 18.8 Å². The molecule has 1 aromatic heterocycles. The number of hydrogen-bond donors (Lipinski definition) is 0. The lowest BCUT2D eigenvalue weighted by Crippen LogP contribution is -2.38. The smallest absolute Gasteiger partial charge is 0.261 e. The normalized spacial score (nSPS) is 25.5. The number of likely N-dealkylation sites (tertiary alicyclic amines) is 1. The van der Waals surface area contributed by atoms with E-state index in [0.29, 0.717) is 25.0 Å². The Morgan fingerprint density at radius 3 is 2.53 bits per heavy atom. The third kappa shape index (κ3) is 3.59. The van der Waals surface area contributed by atoms with E-state index in [1.165, 1.54) is 0 Å². The van der Waals surface area contributed by atoms with Gasteiger partial charge in [-0.05, 0) is 50.8 Å². The van der Waals surface area contributed by atoms with E-state index in [4.69, 9.17) is 4.98 Å². The van der Waals surface area contributed by atoms with E-state index >= 15 is 0 Å². The molecule has 162 valence electrons. The second kappa shape index (κ2) is 8.05. The predicted octanol–water partition coefficient (Wildman–Crippen LogP) is 2.68. The standard InChI is InChI=1S/C22H30N4O3S/c27-22-18-9-3-4-10-19(18)23-21(26(22)17-7-1-2-8-17)20-11-5-12-24(20)14-15-25-13-6-16-30(25,28)29/h3-4,9-10,17,20H,1-2,5-8,11-16H2. The fraction of sp³-hybridized carbons (Fsp3) is 0.636. The van der Waals surface area contributed by atoms with Gasteiger partial charge in [-0.15, -0.1) is 0 Å². The molecule has 1 aliphatic carbocycles. The van der Waals surface area contributed by atoms with Crippen LogP contribution < -0.4 is 5.56 Å². The highest BCUT2D eigenvalue weighted by Crippen LogP contribution is 2.36. The van der Waals surface area contributed by atoms with Gasteiger partial charge in [0.25, 0.3) is 5.56 Å². The Labute approximate surface area is 177 Å². The van der Waals surface area contributed by atoms with Crippen LogP contribution in [0.3, 0.4) is 0 Å². The van der Waals surface area contributed by atoms with E-state index in [9.17, 15) is 13.2 Å². The molecule has 7 nitrogen and oxygen atoms in total. The molecule has 3 fully saturated rings. The fourth-order valence-corrected chi connectivity index (χ4v) is 7.00. The van der Waals surface area contributed by atoms with Gasteiger partial charge in [0.1, 0.15) is 5.82 Å². The fourth-order valence-electron chi connectivity index (χ4n) is 5.48. The summed E-state index contributed by atoms with van der Waals surface area (Å²) < 4.78 is 28.0. The van der Waals surface area contributed by atoms with Crippen LogP contribution in [0.5, 0.6) is 0 Å². The summed E-state index contributed by atoms with van der Waals surface area (Å²) in [6.07, 6.45) is 7.11. The zero-order valence-electron chi connectivity index (χ0n) is 17.4. The average Bonchev–Trinajstić information content (AvgIpc) is 3.47. The molecule has 2 aliphatic heterocycles. The van der Waals surface area contributed by atoms with Crippen molar-refractivity contribution in [1.29, 1.82) is 0 Å². The van der Waals surface area contributed by atoms with Crippen molar-refractivity contribution < 1.29 is 8.42 Å². The molecule has 1 saturated carbocycles. The monoisotopic (exact) mass is 430 g/mol. The number of aromatic nitrogens is 2. The summed E-state index contributed by atoms with van der Waals surface area (Å²) in [6.45, 7) is 2.77. The lowest BCUT2D eigenvalue weighted by Gasteiger charge is -2.29. The van der Waals surface area contributed by atoms with Crippen molar-refractivity contribution >= 4 is 20.9 Å². The number of hydrogen-bond acceptors (Lipinski definition) is 5. The predicted molar refractivity (Wildman–Crippen MR) is 117 cm³/mol. The van der Waals surface area contributed by atoms with Gasteiger partial charge >= 0.3 is 0 Å². The van der Waals surface area contributed by atoms with Gasteiger partial charge in [0.05, 0.1) is 22.7 Å². The van der Waals surface area contributed by atoms with Crippen molar-refractivity contribution in [2.75, 3.05) is 31.9 Å². The van der Waals surface area contributed by atoms with Crippen LogP contribution in [0.25, 0.3) is 10.9 Å². The molecule has 2 aromatic rings. The minimum absolute atomic E-state index is 0.0770. The van der Waals surface area contributed by atoms with Gasteiger partial charge in [-0.3, -0.25) is 14.3 Å². The summed E-state index contributed by atoms with van der Waals surface area (Å²) >= 11 is 0. The van der Waals surface area contributed by atoms with Crippen molar-refractivity contribution in [3.8, 4) is 0 Å². The number of para-hydroxylation sites is 1. The SMILES string of the molecule is O=c1c2ccccc2nc(C2CCCN2CCN2CCCS2(=O)=O)n1C1CCCC1. The zero-order chi connectivity index (χ0) is 20.7. The maximum absolute atomic E-state index is 13.5. The second-order valence-electron chi connectivity index (χ2n) is 8.86. The summed E-state index contributed by atoms with van der Waals surface area (Å²) in [6, 6.07) is 7.95. The molecule has 0 radical (unpaired) electrons. The average molecular weight is 431 g/mol. The summed E-state index contributed by atoms with van der Waals surface area (Å²) in [5.41, 5.74) is 0.845. The van der Waals surface area contributed by atoms with E-state index in [1.54, 1.807) is 4.31 Å². The van der Waals surface area contributed by atoms with Crippen LogP contribution in [0.1, 0.15) is 62.9 Å². The van der Waals surface area contributed by atoms with Crippen molar-refractivity contribution in [2.24, 2.45) is 0 Å². The molecule has 0 amide bonds. The second-order valence-corrected chi connectivity index (χ2v) is 11.0. The highest BCUT2D eigenvalue weighted by Gasteiger charge is 2.34. The van der Waals surface area contributed by atoms with Crippen LogP contribution in [0.2, 0.25) is 0 Å². The molecule has 0 spiro atoms. The lowest BCUT2D eigenvalue weighted by molar-refractivity contribution is 0.222. The quantitative estimate of drug-likeness (QED) is 0.729. The van der Waals surface area contributed by atoms with Crippen LogP contribution in [0.15, 0.2) is 29.1 Å². The number of sulfonamides is 1. The van der Waals surface area contributed by atoms with Crippen molar-refractivity contribution in [3.05, 3.63) is 40.4 Å². The largest absolute Gasteiger partial charge is 0.292 e. The molecule has 5 rings (SSSR count). The molecule has 30 heavy (non-hydrogen) atoms. The molecule has 0 bridgehead atoms. The van der Waals surface area contributed by atoms with Gasteiger partial charge in [-0.2, -0.15) is 0 Å². The minimum Gasteiger partial charge on any atom is -0.292 e. The Kier molecular flexibility index (Phi) is 5.41. The lowest BCUT2D eigenvalue weighted by atomic mass is 10.1. The Bertz CT molecular complexity index is 1090. The highest BCUT2D eigenvalue weighted by atomic mass is 32.2. The maximum Gasteiger partial charge on any atom is 0.261 e. The molecule has 3 aliphatic rings. The maximum atomic E-state index is 13.5. The third-order valence-electron chi connectivity index (χ3n) is 7.03. The van der Waals surface area contributed by atoms with Crippen LogP contribution in [0.4, 0.5) is 0 Å². The van der Waals surface area contributed by atoms with Gasteiger partial charge in [0.15, 0.2) is 0 Å². The first-order valence-electron chi connectivity index (χ1n) is 11.3. The first-order chi connectivity index (χ1) is 14.5. The van der Waals surface area contributed by atoms with Gasteiger partial charge in [-0.25, -0.2) is 17.7 Å². The zero-order valence-corrected chi connectivity index (χ0v) is 18.2. The Morgan fingerprint density at radius 2 is 1.77 bits per heavy atom. The Morgan fingerprint density at radius 1 is 0.967 bits per heavy atom. The van der Waals surface area contributed by atoms with Gasteiger partial charge in [0, 0.05) is 25.7 Å². The van der Waals surface area contributed by atoms with Crippen LogP contribution >= 0.6 is 0 Å². The summed E-state index contributed by atoms with van der Waals surface area (Å²) in [5, 5.41) is 0.695. The van der Waals surface area contributed by atoms with E-state index in [2.05, 4.69) is 4.90 Å². The van der Waals surface area contributed by atoms with Crippen molar-refractivity contribution in [3.63, 3.8) is 0 Å². The summed E-state index contributed by atoms with van der Waals surface area (Å²) in [4.78, 5) is 20.8. The van der Waals surface area contributed by atoms with Gasteiger partial charge < -0.3 is 0 Å². The van der Waals surface area contributed by atoms with Crippen LogP contribution in [0, 0.1) is 0 Å². The molecule has 2 saturated heterocycles. The molecule has 1 unspecified atom stereocenters. The van der Waals surface area contributed by atoms with Crippen molar-refractivity contribution in [2.45, 2.75) is 57.0 Å². The molecule has 1 atom stereocenters. The number of benzene rings is 1. The van der Waals surface area contributed by atoms with Gasteiger partial charge in [-0.1, -0.05) is 25.0 Å². The van der Waals surface area contributed by atoms with E-state index < -0.39 is 10.0 Å². The van der Waals surface area contributed by atoms with E-state index in [0.717, 1.165) is 62.8 Å².